The lowest BCUT2D eigenvalue weighted by Crippen LogP contribution is -2.21. The second kappa shape index (κ2) is 37.3. The number of benzene rings is 2. The number of esters is 6. The first-order valence-electron chi connectivity index (χ1n) is 25.8. The van der Waals surface area contributed by atoms with Gasteiger partial charge >= 0.3 is 35.8 Å². The third kappa shape index (κ3) is 28.2. The fraction of sp³-hybridized carbons (Fsp3) is 0.607. The Morgan fingerprint density at radius 3 is 1.41 bits per heavy atom. The van der Waals surface area contributed by atoms with Crippen molar-refractivity contribution in [2.45, 2.75) is 173 Å². The molecule has 0 radical (unpaired) electrons. The number of carbonyl (C=O) groups excluding carboxylic acids is 6. The summed E-state index contributed by atoms with van der Waals surface area (Å²) in [6.07, 6.45) is 20.5. The van der Waals surface area contributed by atoms with Crippen molar-refractivity contribution in [1.29, 1.82) is 0 Å². The molecule has 14 heteroatoms. The van der Waals surface area contributed by atoms with Crippen molar-refractivity contribution in [1.82, 2.24) is 0 Å². The topological polar surface area (TPSA) is 176 Å². The molecule has 0 aromatic heterocycles. The number of unbranched alkanes of at least 4 members (excludes halogenated alkanes) is 12. The van der Waals surface area contributed by atoms with Crippen LogP contribution in [-0.4, -0.2) is 88.2 Å². The molecule has 1 saturated carbocycles. The van der Waals surface area contributed by atoms with Crippen molar-refractivity contribution >= 4 is 35.8 Å². The van der Waals surface area contributed by atoms with E-state index < -0.39 is 17.9 Å². The lowest BCUT2D eigenvalue weighted by atomic mass is 9.83. The van der Waals surface area contributed by atoms with E-state index in [-0.39, 0.29) is 24.0 Å². The van der Waals surface area contributed by atoms with Crippen LogP contribution < -0.4 is 9.47 Å². The Labute approximate surface area is 416 Å². The normalized spacial score (nSPS) is 14.2. The van der Waals surface area contributed by atoms with Crippen LogP contribution in [-0.2, 0) is 52.4 Å². The van der Waals surface area contributed by atoms with Gasteiger partial charge in [0.25, 0.3) is 0 Å². The first-order chi connectivity index (χ1) is 34.0. The van der Waals surface area contributed by atoms with Gasteiger partial charge in [0, 0.05) is 37.5 Å². The molecule has 2 aromatic rings. The number of hydrogen-bond donors (Lipinski definition) is 0. The summed E-state index contributed by atoms with van der Waals surface area (Å²) in [5.41, 5.74) is 2.07. The van der Waals surface area contributed by atoms with Crippen LogP contribution in [0.15, 0.2) is 73.3 Å². The van der Waals surface area contributed by atoms with E-state index in [1.807, 2.05) is 12.1 Å². The molecule has 70 heavy (non-hydrogen) atoms. The largest absolute Gasteiger partial charge is 0.494 e. The molecule has 3 rings (SSSR count). The highest BCUT2D eigenvalue weighted by atomic mass is 16.6. The van der Waals surface area contributed by atoms with Gasteiger partial charge in [-0.1, -0.05) is 31.7 Å². The zero-order valence-electron chi connectivity index (χ0n) is 41.9. The molecule has 0 saturated heterocycles. The molecular weight excluding hydrogens is 897 g/mol. The summed E-state index contributed by atoms with van der Waals surface area (Å²) in [4.78, 5) is 71.2. The van der Waals surface area contributed by atoms with Crippen LogP contribution in [0.1, 0.15) is 183 Å². The summed E-state index contributed by atoms with van der Waals surface area (Å²) in [5, 5.41) is 0. The van der Waals surface area contributed by atoms with Gasteiger partial charge in [-0.15, -0.1) is 0 Å². The van der Waals surface area contributed by atoms with Crippen molar-refractivity contribution in [3.05, 3.63) is 84.5 Å². The summed E-state index contributed by atoms with van der Waals surface area (Å²) in [5.74, 6) is -0.218. The van der Waals surface area contributed by atoms with Crippen molar-refractivity contribution < 1.29 is 66.7 Å². The Morgan fingerprint density at radius 2 is 0.929 bits per heavy atom. The van der Waals surface area contributed by atoms with Gasteiger partial charge in [-0.05, 0) is 183 Å². The Balaban J connectivity index is 1.08. The zero-order valence-corrected chi connectivity index (χ0v) is 41.9. The highest BCUT2D eigenvalue weighted by Gasteiger charge is 2.23. The quantitative estimate of drug-likeness (QED) is 0.0203. The molecule has 0 heterocycles. The summed E-state index contributed by atoms with van der Waals surface area (Å²) in [6, 6.07) is 14.8. The smallest absolute Gasteiger partial charge is 0.343 e. The van der Waals surface area contributed by atoms with Crippen molar-refractivity contribution in [2.75, 3.05) is 46.2 Å². The minimum Gasteiger partial charge on any atom is -0.494 e. The molecule has 0 N–H and O–H groups in total. The number of hydrogen-bond acceptors (Lipinski definition) is 14. The van der Waals surface area contributed by atoms with E-state index in [1.54, 1.807) is 31.2 Å². The lowest BCUT2D eigenvalue weighted by Gasteiger charge is -2.29. The molecular formula is C56H80O14. The van der Waals surface area contributed by atoms with E-state index in [1.165, 1.54) is 11.6 Å². The SMILES string of the molecule is C=CC(=O)OCCCCCCOc1ccc(C(=O)Oc2ccc([C@H]3CC[C@H](OCCCCCCOC(=O)CCCCCOC(=O)CCCCCOC(=O)CCCCCOC(=O)C(=C)C)CC3)cc2)cc1. The van der Waals surface area contributed by atoms with Crippen molar-refractivity contribution in [2.24, 2.45) is 0 Å². The Morgan fingerprint density at radius 1 is 0.500 bits per heavy atom. The van der Waals surface area contributed by atoms with E-state index in [4.69, 9.17) is 37.9 Å². The van der Waals surface area contributed by atoms with Crippen LogP contribution in [0.25, 0.3) is 0 Å². The van der Waals surface area contributed by atoms with Crippen LogP contribution in [0.4, 0.5) is 0 Å². The maximum atomic E-state index is 12.8. The molecule has 0 amide bonds. The molecule has 0 unspecified atom stereocenters. The Bertz CT molecular complexity index is 1830. The average Bonchev–Trinajstić information content (AvgIpc) is 3.36. The van der Waals surface area contributed by atoms with E-state index >= 15 is 0 Å². The average molecular weight is 977 g/mol. The van der Waals surface area contributed by atoms with Crippen LogP contribution in [0, 0.1) is 0 Å². The van der Waals surface area contributed by atoms with Crippen LogP contribution in [0.5, 0.6) is 11.5 Å². The van der Waals surface area contributed by atoms with Gasteiger partial charge in [-0.2, -0.15) is 0 Å². The van der Waals surface area contributed by atoms with E-state index in [2.05, 4.69) is 25.3 Å². The second-order valence-electron chi connectivity index (χ2n) is 17.9. The summed E-state index contributed by atoms with van der Waals surface area (Å²) in [7, 11) is 0. The van der Waals surface area contributed by atoms with E-state index in [0.29, 0.717) is 126 Å². The maximum Gasteiger partial charge on any atom is 0.343 e. The second-order valence-corrected chi connectivity index (χ2v) is 17.9. The standard InChI is InChI=1S/C56H80O14/c1-4-51(57)65-39-17-7-5-15-38-64-49-33-29-47(30-34-49)56(62)70-50-35-27-46(28-36-50)45-25-31-48(32-26-45)63-37-16-6-8-18-40-66-52(58)22-12-9-19-41-67-53(59)23-13-10-20-42-68-54(60)24-14-11-21-43-69-55(61)44(2)3/h4,27-30,33-36,45,48H,1-2,5-26,31-32,37-43H2,3H3/t45-,48-. The van der Waals surface area contributed by atoms with Crippen molar-refractivity contribution in [3.8, 4) is 11.5 Å². The van der Waals surface area contributed by atoms with Gasteiger partial charge in [0.15, 0.2) is 0 Å². The van der Waals surface area contributed by atoms with Crippen molar-refractivity contribution in [3.63, 3.8) is 0 Å². The molecule has 1 fully saturated rings. The monoisotopic (exact) mass is 977 g/mol. The van der Waals surface area contributed by atoms with Crippen LogP contribution in [0.2, 0.25) is 0 Å². The van der Waals surface area contributed by atoms with Gasteiger partial charge in [0.1, 0.15) is 11.5 Å². The third-order valence-corrected chi connectivity index (χ3v) is 11.9. The van der Waals surface area contributed by atoms with Gasteiger partial charge in [0.2, 0.25) is 0 Å². The zero-order chi connectivity index (χ0) is 50.4. The van der Waals surface area contributed by atoms with Gasteiger partial charge in [0.05, 0.1) is 51.3 Å². The van der Waals surface area contributed by atoms with Gasteiger partial charge in [-0.3, -0.25) is 14.4 Å². The molecule has 388 valence electrons. The van der Waals surface area contributed by atoms with Crippen LogP contribution in [0.3, 0.4) is 0 Å². The summed E-state index contributed by atoms with van der Waals surface area (Å²) < 4.78 is 43.6. The maximum absolute atomic E-state index is 12.8. The fourth-order valence-corrected chi connectivity index (χ4v) is 7.72. The predicted octanol–water partition coefficient (Wildman–Crippen LogP) is 11.6. The minimum absolute atomic E-state index is 0.187. The molecule has 0 aliphatic heterocycles. The van der Waals surface area contributed by atoms with E-state index in [9.17, 15) is 28.8 Å². The highest BCUT2D eigenvalue weighted by Crippen LogP contribution is 2.35. The molecule has 0 spiro atoms. The lowest BCUT2D eigenvalue weighted by molar-refractivity contribution is -0.145. The Kier molecular flexibility index (Phi) is 31.4. The number of carbonyl (C=O) groups is 6. The van der Waals surface area contributed by atoms with Gasteiger partial charge < -0.3 is 37.9 Å². The highest BCUT2D eigenvalue weighted by molar-refractivity contribution is 5.91. The first-order valence-corrected chi connectivity index (χ1v) is 25.8. The molecule has 14 nitrogen and oxygen atoms in total. The predicted molar refractivity (Wildman–Crippen MR) is 266 cm³/mol. The fourth-order valence-electron chi connectivity index (χ4n) is 7.72. The minimum atomic E-state index is -0.417. The molecule has 0 bridgehead atoms. The van der Waals surface area contributed by atoms with E-state index in [0.717, 1.165) is 103 Å². The number of ether oxygens (including phenoxy) is 8. The van der Waals surface area contributed by atoms with Gasteiger partial charge in [-0.25, -0.2) is 14.4 Å². The number of rotatable bonds is 39. The molecule has 0 atom stereocenters. The molecule has 2 aromatic carbocycles. The third-order valence-electron chi connectivity index (χ3n) is 11.9. The summed E-state index contributed by atoms with van der Waals surface area (Å²) >= 11 is 0. The summed E-state index contributed by atoms with van der Waals surface area (Å²) in [6.45, 7) is 11.6. The molecule has 1 aliphatic rings. The Hall–Kier alpha value is -5.50. The molecule has 1 aliphatic carbocycles. The van der Waals surface area contributed by atoms with Crippen LogP contribution >= 0.6 is 0 Å². The first kappa shape index (κ1) is 58.8.